The molecule has 1 rings (SSSR count). The van der Waals surface area contributed by atoms with E-state index in [0.29, 0.717) is 9.47 Å². The van der Waals surface area contributed by atoms with Crippen molar-refractivity contribution in [3.63, 3.8) is 0 Å². The molecule has 0 aliphatic heterocycles. The van der Waals surface area contributed by atoms with Crippen LogP contribution in [-0.4, -0.2) is 10.9 Å². The third-order valence-electron chi connectivity index (χ3n) is 0.917. The van der Waals surface area contributed by atoms with E-state index in [9.17, 15) is 4.79 Å². The highest BCUT2D eigenvalue weighted by Crippen LogP contribution is 2.29. The number of hydrogen-bond acceptors (Lipinski definition) is 4. The van der Waals surface area contributed by atoms with Crippen LogP contribution >= 0.6 is 22.9 Å². The Hall–Kier alpha value is -0.810. The van der Waals surface area contributed by atoms with E-state index in [4.69, 9.17) is 17.3 Å². The lowest BCUT2D eigenvalue weighted by molar-refractivity contribution is -0.114. The van der Waals surface area contributed by atoms with Gasteiger partial charge < -0.3 is 11.1 Å². The number of carbonyl (C=O) groups is 1. The molecule has 1 amide bonds. The highest BCUT2D eigenvalue weighted by molar-refractivity contribution is 7.20. The van der Waals surface area contributed by atoms with E-state index in [2.05, 4.69) is 10.3 Å². The van der Waals surface area contributed by atoms with Gasteiger partial charge in [0.25, 0.3) is 0 Å². The summed E-state index contributed by atoms with van der Waals surface area (Å²) in [6, 6.07) is 0. The molecule has 0 aliphatic rings. The number of nitrogens with two attached hydrogens (primary N) is 1. The highest BCUT2D eigenvalue weighted by atomic mass is 35.5. The number of thiazole rings is 1. The number of amides is 1. The number of carbonyl (C=O) groups excluding carboxylic acids is 1. The van der Waals surface area contributed by atoms with E-state index >= 15 is 0 Å². The second kappa shape index (κ2) is 3.06. The molecular formula is C5H6ClN3OS. The number of aromatic nitrogens is 1. The Bertz CT molecular complexity index is 285. The first-order chi connectivity index (χ1) is 5.09. The van der Waals surface area contributed by atoms with Gasteiger partial charge >= 0.3 is 0 Å². The van der Waals surface area contributed by atoms with Crippen molar-refractivity contribution >= 4 is 39.7 Å². The van der Waals surface area contributed by atoms with E-state index in [1.54, 1.807) is 0 Å². The van der Waals surface area contributed by atoms with Crippen LogP contribution < -0.4 is 11.1 Å². The smallest absolute Gasteiger partial charge is 0.221 e. The summed E-state index contributed by atoms with van der Waals surface area (Å²) in [6.07, 6.45) is 0. The third-order valence-corrected chi connectivity index (χ3v) is 2.01. The molecule has 1 aromatic rings. The van der Waals surface area contributed by atoms with Gasteiger partial charge in [0.2, 0.25) is 5.91 Å². The summed E-state index contributed by atoms with van der Waals surface area (Å²) in [4.78, 5) is 14.3. The van der Waals surface area contributed by atoms with Crippen LogP contribution in [0.4, 0.5) is 10.8 Å². The average molecular weight is 192 g/mol. The van der Waals surface area contributed by atoms with Crippen molar-refractivity contribution in [2.24, 2.45) is 0 Å². The Labute approximate surface area is 72.4 Å². The predicted octanol–water partition coefficient (Wildman–Crippen LogP) is 1.34. The largest absolute Gasteiger partial charge is 0.381 e. The van der Waals surface area contributed by atoms with Crippen molar-refractivity contribution in [3.05, 3.63) is 4.47 Å². The van der Waals surface area contributed by atoms with E-state index in [1.807, 2.05) is 0 Å². The van der Waals surface area contributed by atoms with Gasteiger partial charge in [-0.15, -0.1) is 0 Å². The predicted molar refractivity (Wildman–Crippen MR) is 45.8 cm³/mol. The molecule has 0 atom stereocenters. The number of nitrogens with zero attached hydrogens (tertiary/aromatic N) is 1. The fraction of sp³-hybridized carbons (Fsp3) is 0.200. The minimum Gasteiger partial charge on any atom is -0.381 e. The normalized spacial score (nSPS) is 9.64. The summed E-state index contributed by atoms with van der Waals surface area (Å²) in [5.74, 6) is 0.0761. The summed E-state index contributed by atoms with van der Waals surface area (Å²) in [5.41, 5.74) is 5.39. The Morgan fingerprint density at radius 3 is 2.82 bits per heavy atom. The monoisotopic (exact) mass is 191 g/mol. The highest BCUT2D eigenvalue weighted by Gasteiger charge is 2.06. The van der Waals surface area contributed by atoms with Crippen molar-refractivity contribution in [2.45, 2.75) is 6.92 Å². The van der Waals surface area contributed by atoms with Crippen molar-refractivity contribution in [3.8, 4) is 0 Å². The van der Waals surface area contributed by atoms with Gasteiger partial charge in [-0.3, -0.25) is 4.79 Å². The molecule has 0 saturated heterocycles. The summed E-state index contributed by atoms with van der Waals surface area (Å²) < 4.78 is 0.325. The molecule has 1 heterocycles. The number of nitrogen functional groups attached to an aromatic ring is 1. The minimum atomic E-state index is -0.183. The molecule has 0 spiro atoms. The van der Waals surface area contributed by atoms with E-state index in [1.165, 1.54) is 6.92 Å². The minimum absolute atomic E-state index is 0.183. The topological polar surface area (TPSA) is 68.0 Å². The summed E-state index contributed by atoms with van der Waals surface area (Å²) in [7, 11) is 0. The van der Waals surface area contributed by atoms with Crippen molar-refractivity contribution in [2.75, 3.05) is 11.1 Å². The van der Waals surface area contributed by atoms with Crippen LogP contribution in [-0.2, 0) is 4.79 Å². The quantitative estimate of drug-likeness (QED) is 0.704. The molecule has 3 N–H and O–H groups in total. The molecule has 4 nitrogen and oxygen atoms in total. The molecule has 0 aromatic carbocycles. The molecule has 0 saturated carbocycles. The second-order valence-corrected chi connectivity index (χ2v) is 3.44. The van der Waals surface area contributed by atoms with Crippen LogP contribution in [0.15, 0.2) is 0 Å². The standard InChI is InChI=1S/C5H6ClN3OS/c1-2(10)8-4-3(7)9-5(6)11-4/h7H2,1H3,(H,8,10). The van der Waals surface area contributed by atoms with Crippen LogP contribution in [0.2, 0.25) is 4.47 Å². The zero-order valence-electron chi connectivity index (χ0n) is 5.72. The molecule has 0 fully saturated rings. The fourth-order valence-electron chi connectivity index (χ4n) is 0.554. The summed E-state index contributed by atoms with van der Waals surface area (Å²) in [6.45, 7) is 1.40. The van der Waals surface area contributed by atoms with Gasteiger partial charge in [-0.25, -0.2) is 4.98 Å². The lowest BCUT2D eigenvalue weighted by Crippen LogP contribution is -2.05. The van der Waals surface area contributed by atoms with Gasteiger partial charge in [-0.2, -0.15) is 0 Å². The van der Waals surface area contributed by atoms with Crippen molar-refractivity contribution < 1.29 is 4.79 Å². The number of rotatable bonds is 1. The zero-order chi connectivity index (χ0) is 8.43. The molecule has 11 heavy (non-hydrogen) atoms. The molecule has 0 radical (unpaired) electrons. The zero-order valence-corrected chi connectivity index (χ0v) is 7.29. The maximum Gasteiger partial charge on any atom is 0.221 e. The fourth-order valence-corrected chi connectivity index (χ4v) is 1.53. The molecule has 6 heteroatoms. The van der Waals surface area contributed by atoms with Crippen molar-refractivity contribution in [1.82, 2.24) is 4.98 Å². The SMILES string of the molecule is CC(=O)Nc1sc(Cl)nc1N. The second-order valence-electron chi connectivity index (χ2n) is 1.86. The van der Waals surface area contributed by atoms with Gasteiger partial charge in [0.15, 0.2) is 10.3 Å². The van der Waals surface area contributed by atoms with Crippen LogP contribution in [0.5, 0.6) is 0 Å². The Morgan fingerprint density at radius 1 is 1.82 bits per heavy atom. The first-order valence-corrected chi connectivity index (χ1v) is 3.98. The first kappa shape index (κ1) is 8.29. The number of nitrogens with one attached hydrogen (secondary N) is 1. The number of halogens is 1. The molecule has 60 valence electrons. The average Bonchev–Trinajstić information content (AvgIpc) is 2.09. The lowest BCUT2D eigenvalue weighted by Gasteiger charge is -1.95. The Kier molecular flexibility index (Phi) is 2.31. The molecule has 0 aliphatic carbocycles. The molecule has 0 bridgehead atoms. The lowest BCUT2D eigenvalue weighted by atomic mass is 10.6. The molecule has 0 unspecified atom stereocenters. The van der Waals surface area contributed by atoms with Crippen molar-refractivity contribution in [1.29, 1.82) is 0 Å². The van der Waals surface area contributed by atoms with Gasteiger partial charge in [0.05, 0.1) is 0 Å². The van der Waals surface area contributed by atoms with Gasteiger partial charge in [0, 0.05) is 6.92 Å². The van der Waals surface area contributed by atoms with E-state index < -0.39 is 0 Å². The van der Waals surface area contributed by atoms with Crippen LogP contribution in [0.1, 0.15) is 6.92 Å². The molecular weight excluding hydrogens is 186 g/mol. The van der Waals surface area contributed by atoms with E-state index in [-0.39, 0.29) is 11.7 Å². The van der Waals surface area contributed by atoms with Gasteiger partial charge in [-0.05, 0) is 0 Å². The maximum absolute atomic E-state index is 10.5. The van der Waals surface area contributed by atoms with Gasteiger partial charge in [0.1, 0.15) is 5.00 Å². The number of hydrogen-bond donors (Lipinski definition) is 2. The molecule has 1 aromatic heterocycles. The Morgan fingerprint density at radius 2 is 2.45 bits per heavy atom. The van der Waals surface area contributed by atoms with E-state index in [0.717, 1.165) is 11.3 Å². The first-order valence-electron chi connectivity index (χ1n) is 2.79. The number of anilines is 2. The third kappa shape index (κ3) is 2.06. The van der Waals surface area contributed by atoms with Gasteiger partial charge in [-0.1, -0.05) is 22.9 Å². The summed E-state index contributed by atoms with van der Waals surface area (Å²) in [5, 5.41) is 3.00. The summed E-state index contributed by atoms with van der Waals surface area (Å²) >= 11 is 6.67. The van der Waals surface area contributed by atoms with Crippen LogP contribution in [0.3, 0.4) is 0 Å². The maximum atomic E-state index is 10.5. The Balaban J connectivity index is 2.85. The van der Waals surface area contributed by atoms with Crippen LogP contribution in [0, 0.1) is 0 Å². The van der Waals surface area contributed by atoms with Crippen LogP contribution in [0.25, 0.3) is 0 Å².